The number of ether oxygens (including phenoxy) is 1. The third kappa shape index (κ3) is 3.09. The molecule has 2 rings (SSSR count). The van der Waals surface area contributed by atoms with Crippen molar-refractivity contribution in [1.82, 2.24) is 16.0 Å². The molecule has 2 amide bonds. The van der Waals surface area contributed by atoms with E-state index in [4.69, 9.17) is 4.74 Å². The molecule has 0 aromatic rings. The Morgan fingerprint density at radius 2 is 2.19 bits per heavy atom. The summed E-state index contributed by atoms with van der Waals surface area (Å²) >= 11 is 0. The number of urea groups is 1. The van der Waals surface area contributed by atoms with Crippen LogP contribution >= 0.6 is 0 Å². The number of hydrogen-bond acceptors (Lipinski definition) is 3. The van der Waals surface area contributed by atoms with E-state index in [9.17, 15) is 4.79 Å². The molecule has 0 spiro atoms. The lowest BCUT2D eigenvalue weighted by atomic mass is 9.91. The van der Waals surface area contributed by atoms with Gasteiger partial charge >= 0.3 is 6.03 Å². The number of carbonyl (C=O) groups excluding carboxylic acids is 1. The van der Waals surface area contributed by atoms with E-state index in [-0.39, 0.29) is 17.6 Å². The van der Waals surface area contributed by atoms with Crippen LogP contribution in [0.5, 0.6) is 0 Å². The first-order valence-electron chi connectivity index (χ1n) is 6.05. The van der Waals surface area contributed by atoms with Crippen molar-refractivity contribution >= 4 is 6.03 Å². The quantitative estimate of drug-likeness (QED) is 0.632. The summed E-state index contributed by atoms with van der Waals surface area (Å²) in [6, 6.07) is 0.130. The van der Waals surface area contributed by atoms with E-state index in [0.29, 0.717) is 6.61 Å². The van der Waals surface area contributed by atoms with Gasteiger partial charge in [-0.3, -0.25) is 0 Å². The number of rotatable bonds is 2. The van der Waals surface area contributed by atoms with Gasteiger partial charge in [-0.15, -0.1) is 0 Å². The van der Waals surface area contributed by atoms with Crippen molar-refractivity contribution in [2.75, 3.05) is 26.3 Å². The molecular formula is C11H21N3O2. The Labute approximate surface area is 96.3 Å². The lowest BCUT2D eigenvalue weighted by molar-refractivity contribution is 0.185. The summed E-state index contributed by atoms with van der Waals surface area (Å²) in [6.07, 6.45) is 2.90. The molecule has 1 atom stereocenters. The zero-order chi connectivity index (χ0) is 11.4. The van der Waals surface area contributed by atoms with Crippen LogP contribution in [0.4, 0.5) is 4.79 Å². The van der Waals surface area contributed by atoms with Crippen LogP contribution in [-0.2, 0) is 4.74 Å². The highest BCUT2D eigenvalue weighted by Gasteiger charge is 2.29. The normalized spacial score (nSPS) is 28.7. The minimum absolute atomic E-state index is 0.0556. The number of nitrogens with one attached hydrogen (secondary N) is 3. The third-order valence-corrected chi connectivity index (χ3v) is 3.39. The predicted molar refractivity (Wildman–Crippen MR) is 61.4 cm³/mol. The Hall–Kier alpha value is -0.810. The maximum absolute atomic E-state index is 11.8. The molecule has 2 aliphatic heterocycles. The van der Waals surface area contributed by atoms with Gasteiger partial charge in [-0.2, -0.15) is 0 Å². The van der Waals surface area contributed by atoms with E-state index in [0.717, 1.165) is 39.0 Å². The maximum Gasteiger partial charge on any atom is 0.315 e. The topological polar surface area (TPSA) is 62.4 Å². The maximum atomic E-state index is 11.8. The molecule has 92 valence electrons. The number of amides is 2. The average molecular weight is 227 g/mol. The van der Waals surface area contributed by atoms with Crippen LogP contribution in [0.3, 0.4) is 0 Å². The van der Waals surface area contributed by atoms with Crippen molar-refractivity contribution in [2.45, 2.75) is 37.8 Å². The summed E-state index contributed by atoms with van der Waals surface area (Å²) < 4.78 is 5.22. The second-order valence-corrected chi connectivity index (χ2v) is 4.97. The molecule has 5 heteroatoms. The molecule has 5 nitrogen and oxygen atoms in total. The standard InChI is InChI=1S/C11H21N3O2/c1-11(3-5-12-6-4-11)14-10(15)13-9-2-7-16-8-9/h9,12H,2-8H2,1H3,(H2,13,14,15). The fourth-order valence-corrected chi connectivity index (χ4v) is 2.25. The van der Waals surface area contributed by atoms with Gasteiger partial charge in [0.15, 0.2) is 0 Å². The minimum atomic E-state index is -0.0607. The Morgan fingerprint density at radius 3 is 2.81 bits per heavy atom. The molecule has 2 saturated heterocycles. The molecule has 16 heavy (non-hydrogen) atoms. The molecule has 3 N–H and O–H groups in total. The van der Waals surface area contributed by atoms with Gasteiger partial charge in [0.2, 0.25) is 0 Å². The second kappa shape index (κ2) is 5.01. The van der Waals surface area contributed by atoms with Crippen LogP contribution in [0.1, 0.15) is 26.2 Å². The highest BCUT2D eigenvalue weighted by atomic mass is 16.5. The molecular weight excluding hydrogens is 206 g/mol. The predicted octanol–water partition coefficient (Wildman–Crippen LogP) is 0.217. The van der Waals surface area contributed by atoms with Gasteiger partial charge in [0, 0.05) is 12.1 Å². The SMILES string of the molecule is CC1(NC(=O)NC2CCOC2)CCNCC1. The molecule has 0 bridgehead atoms. The highest BCUT2D eigenvalue weighted by Crippen LogP contribution is 2.16. The fourth-order valence-electron chi connectivity index (χ4n) is 2.25. The van der Waals surface area contributed by atoms with Crippen molar-refractivity contribution in [3.8, 4) is 0 Å². The summed E-state index contributed by atoms with van der Waals surface area (Å²) in [4.78, 5) is 11.8. The summed E-state index contributed by atoms with van der Waals surface area (Å²) in [6.45, 7) is 5.46. The monoisotopic (exact) mass is 227 g/mol. The van der Waals surface area contributed by atoms with Gasteiger partial charge in [-0.1, -0.05) is 0 Å². The first-order chi connectivity index (χ1) is 7.68. The van der Waals surface area contributed by atoms with Gasteiger partial charge in [0.05, 0.1) is 12.6 Å². The first kappa shape index (κ1) is 11.7. The number of hydrogen-bond donors (Lipinski definition) is 3. The van der Waals surface area contributed by atoms with Crippen molar-refractivity contribution in [3.05, 3.63) is 0 Å². The van der Waals surface area contributed by atoms with Crippen LogP contribution in [0.2, 0.25) is 0 Å². The van der Waals surface area contributed by atoms with E-state index in [1.807, 2.05) is 0 Å². The van der Waals surface area contributed by atoms with Gasteiger partial charge in [0.1, 0.15) is 0 Å². The second-order valence-electron chi connectivity index (χ2n) is 4.97. The van der Waals surface area contributed by atoms with E-state index in [2.05, 4.69) is 22.9 Å². The van der Waals surface area contributed by atoms with Crippen LogP contribution in [-0.4, -0.2) is 43.9 Å². The third-order valence-electron chi connectivity index (χ3n) is 3.39. The molecule has 0 aliphatic carbocycles. The van der Waals surface area contributed by atoms with E-state index >= 15 is 0 Å². The molecule has 0 saturated carbocycles. The molecule has 2 fully saturated rings. The largest absolute Gasteiger partial charge is 0.379 e. The van der Waals surface area contributed by atoms with Gasteiger partial charge in [-0.05, 0) is 39.3 Å². The zero-order valence-electron chi connectivity index (χ0n) is 9.84. The Balaban J connectivity index is 1.76. The summed E-state index contributed by atoms with van der Waals surface area (Å²) in [5.41, 5.74) is -0.0607. The van der Waals surface area contributed by atoms with Crippen LogP contribution < -0.4 is 16.0 Å². The van der Waals surface area contributed by atoms with E-state index in [1.165, 1.54) is 0 Å². The van der Waals surface area contributed by atoms with E-state index in [1.54, 1.807) is 0 Å². The molecule has 0 radical (unpaired) electrons. The average Bonchev–Trinajstić information content (AvgIpc) is 2.70. The Bertz CT molecular complexity index is 246. The van der Waals surface area contributed by atoms with Crippen LogP contribution in [0.25, 0.3) is 0 Å². The Kier molecular flexibility index (Phi) is 3.66. The van der Waals surface area contributed by atoms with Crippen molar-refractivity contribution < 1.29 is 9.53 Å². The van der Waals surface area contributed by atoms with Crippen molar-refractivity contribution in [3.63, 3.8) is 0 Å². The smallest absolute Gasteiger partial charge is 0.315 e. The van der Waals surface area contributed by atoms with Gasteiger partial charge in [-0.25, -0.2) is 4.79 Å². The molecule has 2 heterocycles. The first-order valence-corrected chi connectivity index (χ1v) is 6.05. The summed E-state index contributed by atoms with van der Waals surface area (Å²) in [7, 11) is 0. The van der Waals surface area contributed by atoms with Gasteiger partial charge in [0.25, 0.3) is 0 Å². The number of carbonyl (C=O) groups is 1. The molecule has 0 aromatic heterocycles. The number of piperidine rings is 1. The van der Waals surface area contributed by atoms with Crippen molar-refractivity contribution in [2.24, 2.45) is 0 Å². The van der Waals surface area contributed by atoms with E-state index < -0.39 is 0 Å². The summed E-state index contributed by atoms with van der Waals surface area (Å²) in [5, 5.41) is 9.33. The molecule has 1 unspecified atom stereocenters. The molecule has 2 aliphatic rings. The lowest BCUT2D eigenvalue weighted by Gasteiger charge is -2.35. The van der Waals surface area contributed by atoms with Crippen molar-refractivity contribution in [1.29, 1.82) is 0 Å². The molecule has 0 aromatic carbocycles. The fraction of sp³-hybridized carbons (Fsp3) is 0.909. The zero-order valence-corrected chi connectivity index (χ0v) is 9.84. The van der Waals surface area contributed by atoms with Crippen LogP contribution in [0.15, 0.2) is 0 Å². The van der Waals surface area contributed by atoms with Crippen LogP contribution in [0, 0.1) is 0 Å². The highest BCUT2D eigenvalue weighted by molar-refractivity contribution is 5.75. The summed E-state index contributed by atoms with van der Waals surface area (Å²) in [5.74, 6) is 0. The van der Waals surface area contributed by atoms with Gasteiger partial charge < -0.3 is 20.7 Å². The minimum Gasteiger partial charge on any atom is -0.379 e. The Morgan fingerprint density at radius 1 is 1.44 bits per heavy atom. The lowest BCUT2D eigenvalue weighted by Crippen LogP contribution is -2.56.